The number of benzene rings is 2. The molecule has 0 saturated carbocycles. The molecule has 0 aliphatic rings. The van der Waals surface area contributed by atoms with Crippen LogP contribution in [0.5, 0.6) is 0 Å². The fraction of sp³-hybridized carbons (Fsp3) is 0.120. The number of hydrogen-bond donors (Lipinski definition) is 3. The highest BCUT2D eigenvalue weighted by atomic mass is 32.2. The van der Waals surface area contributed by atoms with Crippen LogP contribution >= 0.6 is 11.8 Å². The molecule has 0 aliphatic carbocycles. The Bertz CT molecular complexity index is 1360. The van der Waals surface area contributed by atoms with Gasteiger partial charge < -0.3 is 10.6 Å². The highest BCUT2D eigenvalue weighted by molar-refractivity contribution is 7.99. The van der Waals surface area contributed by atoms with Crippen molar-refractivity contribution in [2.45, 2.75) is 5.16 Å². The molecule has 0 spiro atoms. The zero-order valence-electron chi connectivity index (χ0n) is 19.0. The zero-order chi connectivity index (χ0) is 24.6. The van der Waals surface area contributed by atoms with Crippen molar-refractivity contribution in [3.8, 4) is 22.4 Å². The van der Waals surface area contributed by atoms with Crippen LogP contribution in [-0.2, 0) is 4.79 Å². The van der Waals surface area contributed by atoms with E-state index in [-0.39, 0.29) is 5.75 Å². The smallest absolute Gasteiger partial charge is 0.321 e. The van der Waals surface area contributed by atoms with E-state index in [2.05, 4.69) is 42.7 Å². The zero-order valence-corrected chi connectivity index (χ0v) is 19.8. The van der Waals surface area contributed by atoms with Gasteiger partial charge in [0.2, 0.25) is 5.91 Å². The SMILES string of the molecule is C=CCNc1nc(SCC(=O)NC(=O)NC)nc2nnc(-c3ccccc3)c(-c3ccccc3)c12. The van der Waals surface area contributed by atoms with Crippen LogP contribution < -0.4 is 16.0 Å². The molecule has 3 amide bonds. The number of aromatic nitrogens is 4. The maximum atomic E-state index is 12.0. The summed E-state index contributed by atoms with van der Waals surface area (Å²) in [5.74, 6) is 0.0464. The van der Waals surface area contributed by atoms with Gasteiger partial charge in [-0.2, -0.15) is 0 Å². The molecule has 9 nitrogen and oxygen atoms in total. The van der Waals surface area contributed by atoms with Crippen LogP contribution in [0, 0.1) is 0 Å². The van der Waals surface area contributed by atoms with E-state index in [4.69, 9.17) is 0 Å². The number of amides is 3. The van der Waals surface area contributed by atoms with Crippen molar-refractivity contribution >= 4 is 40.6 Å². The van der Waals surface area contributed by atoms with E-state index in [1.165, 1.54) is 7.05 Å². The number of fused-ring (bicyclic) bond motifs is 1. The number of imide groups is 1. The van der Waals surface area contributed by atoms with E-state index in [9.17, 15) is 9.59 Å². The Morgan fingerprint density at radius 2 is 1.66 bits per heavy atom. The van der Waals surface area contributed by atoms with E-state index in [1.54, 1.807) is 6.08 Å². The van der Waals surface area contributed by atoms with Gasteiger partial charge in [0.05, 0.1) is 11.1 Å². The number of thioether (sulfide) groups is 1. The number of nitrogens with one attached hydrogen (secondary N) is 3. The van der Waals surface area contributed by atoms with Crippen molar-refractivity contribution in [3.63, 3.8) is 0 Å². The molecule has 2 aromatic heterocycles. The number of hydrogen-bond acceptors (Lipinski definition) is 8. The van der Waals surface area contributed by atoms with E-state index in [1.807, 2.05) is 60.7 Å². The van der Waals surface area contributed by atoms with Gasteiger partial charge in [-0.3, -0.25) is 10.1 Å². The van der Waals surface area contributed by atoms with Crippen molar-refractivity contribution in [2.24, 2.45) is 0 Å². The van der Waals surface area contributed by atoms with Gasteiger partial charge in [0.15, 0.2) is 10.8 Å². The number of carbonyl (C=O) groups is 2. The van der Waals surface area contributed by atoms with Crippen LogP contribution in [0.25, 0.3) is 33.4 Å². The summed E-state index contributed by atoms with van der Waals surface area (Å²) in [4.78, 5) is 32.7. The van der Waals surface area contributed by atoms with Gasteiger partial charge in [-0.25, -0.2) is 14.8 Å². The maximum Gasteiger partial charge on any atom is 0.321 e. The highest BCUT2D eigenvalue weighted by Gasteiger charge is 2.20. The summed E-state index contributed by atoms with van der Waals surface area (Å²) in [6.45, 7) is 4.25. The van der Waals surface area contributed by atoms with Gasteiger partial charge in [0.25, 0.3) is 0 Å². The van der Waals surface area contributed by atoms with Gasteiger partial charge in [0, 0.05) is 24.7 Å². The molecule has 35 heavy (non-hydrogen) atoms. The van der Waals surface area contributed by atoms with Crippen LogP contribution in [0.1, 0.15) is 0 Å². The first-order chi connectivity index (χ1) is 17.1. The Labute approximate surface area is 206 Å². The second-order valence-corrected chi connectivity index (χ2v) is 8.24. The third-order valence-corrected chi connectivity index (χ3v) is 5.78. The summed E-state index contributed by atoms with van der Waals surface area (Å²) in [5.41, 5.74) is 3.81. The Morgan fingerprint density at radius 3 is 2.31 bits per heavy atom. The Balaban J connectivity index is 1.85. The molecular formula is C25H23N7O2S. The molecule has 3 N–H and O–H groups in total. The van der Waals surface area contributed by atoms with Crippen molar-refractivity contribution in [1.82, 2.24) is 30.8 Å². The summed E-state index contributed by atoms with van der Waals surface area (Å²) in [6.07, 6.45) is 1.73. The lowest BCUT2D eigenvalue weighted by atomic mass is 9.97. The predicted octanol–water partition coefficient (Wildman–Crippen LogP) is 3.90. The third-order valence-electron chi connectivity index (χ3n) is 4.94. The standard InChI is InChI=1S/C25H23N7O2S/c1-3-14-27-22-20-19(16-10-6-4-7-11-16)21(17-12-8-5-9-13-17)31-32-23(20)30-25(29-22)35-15-18(33)28-24(34)26-2/h3-13H,1,14-15H2,2H3,(H2,26,28,33,34)(H,27,29,30,32). The molecule has 0 radical (unpaired) electrons. The molecule has 4 rings (SSSR count). The second kappa shape index (κ2) is 11.2. The van der Waals surface area contributed by atoms with E-state index >= 15 is 0 Å². The second-order valence-electron chi connectivity index (χ2n) is 7.29. The van der Waals surface area contributed by atoms with E-state index in [0.717, 1.165) is 28.5 Å². The molecule has 0 saturated heterocycles. The first-order valence-corrected chi connectivity index (χ1v) is 11.8. The molecular weight excluding hydrogens is 462 g/mol. The number of carbonyl (C=O) groups excluding carboxylic acids is 2. The van der Waals surface area contributed by atoms with Gasteiger partial charge in [-0.1, -0.05) is 78.5 Å². The molecule has 2 aromatic carbocycles. The predicted molar refractivity (Wildman–Crippen MR) is 138 cm³/mol. The van der Waals surface area contributed by atoms with Gasteiger partial charge >= 0.3 is 6.03 Å². The third kappa shape index (κ3) is 5.61. The van der Waals surface area contributed by atoms with Crippen molar-refractivity contribution < 1.29 is 9.59 Å². The van der Waals surface area contributed by atoms with E-state index in [0.29, 0.717) is 34.2 Å². The molecule has 0 atom stereocenters. The van der Waals surface area contributed by atoms with Crippen molar-refractivity contribution in [1.29, 1.82) is 0 Å². The molecule has 0 bridgehead atoms. The average Bonchev–Trinajstić information content (AvgIpc) is 2.90. The first-order valence-electron chi connectivity index (χ1n) is 10.8. The summed E-state index contributed by atoms with van der Waals surface area (Å²) in [6, 6.07) is 19.1. The fourth-order valence-electron chi connectivity index (χ4n) is 3.40. The quantitative estimate of drug-likeness (QED) is 0.195. The summed E-state index contributed by atoms with van der Waals surface area (Å²) >= 11 is 1.10. The first kappa shape index (κ1) is 23.8. The average molecular weight is 486 g/mol. The number of nitrogens with zero attached hydrogens (tertiary/aromatic N) is 4. The van der Waals surface area contributed by atoms with Crippen LogP contribution in [0.3, 0.4) is 0 Å². The molecule has 0 aliphatic heterocycles. The summed E-state index contributed by atoms with van der Waals surface area (Å²) in [5, 5.41) is 17.8. The molecule has 0 unspecified atom stereocenters. The lowest BCUT2D eigenvalue weighted by Crippen LogP contribution is -2.38. The van der Waals surface area contributed by atoms with Crippen molar-refractivity contribution in [3.05, 3.63) is 73.3 Å². The molecule has 0 fully saturated rings. The van der Waals surface area contributed by atoms with Crippen LogP contribution in [0.15, 0.2) is 78.5 Å². The minimum absolute atomic E-state index is 0.0408. The lowest BCUT2D eigenvalue weighted by Gasteiger charge is -2.15. The minimum atomic E-state index is -0.574. The normalized spacial score (nSPS) is 10.5. The summed E-state index contributed by atoms with van der Waals surface area (Å²) < 4.78 is 0. The molecule has 10 heteroatoms. The Morgan fingerprint density at radius 1 is 0.971 bits per heavy atom. The van der Waals surface area contributed by atoms with Crippen LogP contribution in [0.2, 0.25) is 0 Å². The molecule has 2 heterocycles. The summed E-state index contributed by atoms with van der Waals surface area (Å²) in [7, 11) is 1.44. The van der Waals surface area contributed by atoms with Crippen LogP contribution in [0.4, 0.5) is 10.6 Å². The van der Waals surface area contributed by atoms with Gasteiger partial charge in [-0.15, -0.1) is 16.8 Å². The topological polar surface area (TPSA) is 122 Å². The minimum Gasteiger partial charge on any atom is -0.366 e. The number of rotatable bonds is 8. The fourth-order valence-corrected chi connectivity index (χ4v) is 4.04. The number of urea groups is 1. The van der Waals surface area contributed by atoms with Gasteiger partial charge in [-0.05, 0) is 5.56 Å². The van der Waals surface area contributed by atoms with Crippen LogP contribution in [-0.4, -0.2) is 51.4 Å². The van der Waals surface area contributed by atoms with Crippen molar-refractivity contribution in [2.75, 3.05) is 24.7 Å². The Hall–Kier alpha value is -4.31. The molecule has 176 valence electrons. The number of anilines is 1. The van der Waals surface area contributed by atoms with Gasteiger partial charge in [0.1, 0.15) is 11.5 Å². The Kier molecular flexibility index (Phi) is 7.63. The largest absolute Gasteiger partial charge is 0.366 e. The monoisotopic (exact) mass is 485 g/mol. The van der Waals surface area contributed by atoms with E-state index < -0.39 is 11.9 Å². The maximum absolute atomic E-state index is 12.0. The highest BCUT2D eigenvalue weighted by Crippen LogP contribution is 2.38. The lowest BCUT2D eigenvalue weighted by molar-refractivity contribution is -0.117. The molecule has 4 aromatic rings.